The molecule has 0 radical (unpaired) electrons. The summed E-state index contributed by atoms with van der Waals surface area (Å²) in [5, 5.41) is 9.97. The van der Waals surface area contributed by atoms with Crippen LogP contribution in [0.4, 0.5) is 5.82 Å². The van der Waals surface area contributed by atoms with Gasteiger partial charge in [0.25, 0.3) is 5.91 Å². The lowest BCUT2D eigenvalue weighted by molar-refractivity contribution is 0.0759. The molecule has 0 aromatic carbocycles. The van der Waals surface area contributed by atoms with E-state index in [1.807, 2.05) is 34.0 Å². The van der Waals surface area contributed by atoms with Crippen molar-refractivity contribution in [3.05, 3.63) is 22.9 Å². The number of rotatable bonds is 5. The zero-order valence-electron chi connectivity index (χ0n) is 14.6. The average Bonchev–Trinajstić information content (AvgIpc) is 2.49. The Hall–Kier alpha value is -1.66. The number of primary amides is 1. The number of nitrogens with zero attached hydrogens (tertiary/aromatic N) is 3. The monoisotopic (exact) mass is 320 g/mol. The highest BCUT2D eigenvalue weighted by atomic mass is 16.3. The van der Waals surface area contributed by atoms with E-state index in [0.717, 1.165) is 37.2 Å². The van der Waals surface area contributed by atoms with Gasteiger partial charge in [-0.3, -0.25) is 4.79 Å². The van der Waals surface area contributed by atoms with Crippen LogP contribution in [0.1, 0.15) is 34.5 Å². The zero-order valence-corrected chi connectivity index (χ0v) is 14.6. The topological polar surface area (TPSA) is 82.7 Å². The largest absolute Gasteiger partial charge is 0.396 e. The van der Waals surface area contributed by atoms with Crippen LogP contribution in [0.5, 0.6) is 0 Å². The van der Waals surface area contributed by atoms with E-state index in [1.165, 1.54) is 0 Å². The van der Waals surface area contributed by atoms with Crippen molar-refractivity contribution < 1.29 is 9.90 Å². The maximum atomic E-state index is 11.8. The third-order valence-corrected chi connectivity index (χ3v) is 4.66. The number of amides is 1. The highest BCUT2D eigenvalue weighted by Crippen LogP contribution is 2.34. The van der Waals surface area contributed by atoms with Gasteiger partial charge in [0.15, 0.2) is 0 Å². The molecule has 1 atom stereocenters. The number of pyridine rings is 1. The fourth-order valence-corrected chi connectivity index (χ4v) is 3.48. The van der Waals surface area contributed by atoms with Crippen LogP contribution in [0, 0.1) is 19.3 Å². The number of aryl methyl sites for hydroxylation is 2. The minimum atomic E-state index is -0.455. The van der Waals surface area contributed by atoms with Gasteiger partial charge in [-0.2, -0.15) is 0 Å². The van der Waals surface area contributed by atoms with Crippen LogP contribution >= 0.6 is 0 Å². The summed E-state index contributed by atoms with van der Waals surface area (Å²) in [5.41, 5.74) is 7.69. The number of carbonyl (C=O) groups excluding carboxylic acids is 1. The van der Waals surface area contributed by atoms with Crippen LogP contribution < -0.4 is 10.6 Å². The predicted octanol–water partition coefficient (Wildman–Crippen LogP) is 0.938. The van der Waals surface area contributed by atoms with Crippen molar-refractivity contribution in [2.75, 3.05) is 45.2 Å². The number of hydrogen-bond acceptors (Lipinski definition) is 5. The standard InChI is InChI=1S/C17H28N4O2/c1-12-8-14(15(18)23)16(19-13(12)2)21-7-5-6-17(10-21,11-22)9-20(3)4/h8,22H,5-7,9-11H2,1-4H3,(H2,18,23). The third kappa shape index (κ3) is 3.82. The van der Waals surface area contributed by atoms with Crippen LogP contribution in [-0.2, 0) is 0 Å². The Morgan fingerprint density at radius 3 is 2.74 bits per heavy atom. The molecule has 0 aliphatic carbocycles. The van der Waals surface area contributed by atoms with Gasteiger partial charge in [0.1, 0.15) is 5.82 Å². The highest BCUT2D eigenvalue weighted by molar-refractivity contribution is 5.98. The molecule has 2 heterocycles. The summed E-state index contributed by atoms with van der Waals surface area (Å²) in [6.07, 6.45) is 1.93. The van der Waals surface area contributed by atoms with E-state index in [1.54, 1.807) is 0 Å². The van der Waals surface area contributed by atoms with Crippen molar-refractivity contribution >= 4 is 11.7 Å². The summed E-state index contributed by atoms with van der Waals surface area (Å²) < 4.78 is 0. The number of aliphatic hydroxyl groups is 1. The first kappa shape index (κ1) is 17.7. The maximum absolute atomic E-state index is 11.8. The molecule has 1 saturated heterocycles. The molecule has 128 valence electrons. The first-order valence-electron chi connectivity index (χ1n) is 8.06. The van der Waals surface area contributed by atoms with Crippen LogP contribution in [0.3, 0.4) is 0 Å². The highest BCUT2D eigenvalue weighted by Gasteiger charge is 2.37. The minimum Gasteiger partial charge on any atom is -0.396 e. The molecule has 6 nitrogen and oxygen atoms in total. The molecule has 0 saturated carbocycles. The van der Waals surface area contributed by atoms with Crippen molar-refractivity contribution in [3.8, 4) is 0 Å². The molecule has 1 unspecified atom stereocenters. The van der Waals surface area contributed by atoms with Crippen LogP contribution in [0.2, 0.25) is 0 Å². The molecular weight excluding hydrogens is 292 g/mol. The molecule has 0 bridgehead atoms. The second kappa shape index (κ2) is 6.84. The molecule has 1 fully saturated rings. The fraction of sp³-hybridized carbons (Fsp3) is 0.647. The van der Waals surface area contributed by atoms with E-state index in [-0.39, 0.29) is 12.0 Å². The van der Waals surface area contributed by atoms with E-state index < -0.39 is 5.91 Å². The Labute approximate surface area is 138 Å². The van der Waals surface area contributed by atoms with E-state index in [0.29, 0.717) is 17.9 Å². The molecular formula is C17H28N4O2. The van der Waals surface area contributed by atoms with Crippen LogP contribution in [0.25, 0.3) is 0 Å². The summed E-state index contributed by atoms with van der Waals surface area (Å²) >= 11 is 0. The second-order valence-corrected chi connectivity index (χ2v) is 7.05. The first-order chi connectivity index (χ1) is 10.8. The minimum absolute atomic E-state index is 0.123. The van der Waals surface area contributed by atoms with Gasteiger partial charge in [0.05, 0.1) is 12.2 Å². The molecule has 1 amide bonds. The molecule has 6 heteroatoms. The quantitative estimate of drug-likeness (QED) is 0.843. The number of nitrogens with two attached hydrogens (primary N) is 1. The zero-order chi connectivity index (χ0) is 17.2. The molecule has 1 aliphatic rings. The molecule has 0 spiro atoms. The van der Waals surface area contributed by atoms with Crippen molar-refractivity contribution in [2.45, 2.75) is 26.7 Å². The van der Waals surface area contributed by atoms with E-state index in [4.69, 9.17) is 5.73 Å². The van der Waals surface area contributed by atoms with Gasteiger partial charge in [-0.25, -0.2) is 4.98 Å². The molecule has 3 N–H and O–H groups in total. The number of aliphatic hydroxyl groups excluding tert-OH is 1. The number of aromatic nitrogens is 1. The van der Waals surface area contributed by atoms with Crippen LogP contribution in [0.15, 0.2) is 6.07 Å². The lowest BCUT2D eigenvalue weighted by Gasteiger charge is -2.44. The van der Waals surface area contributed by atoms with Crippen LogP contribution in [-0.4, -0.2) is 61.2 Å². The number of hydrogen-bond donors (Lipinski definition) is 2. The normalized spacial score (nSPS) is 21.7. The van der Waals surface area contributed by atoms with Crippen molar-refractivity contribution in [1.29, 1.82) is 0 Å². The summed E-state index contributed by atoms with van der Waals surface area (Å²) in [6.45, 7) is 6.29. The third-order valence-electron chi connectivity index (χ3n) is 4.66. The molecule has 1 aromatic rings. The Bertz CT molecular complexity index is 588. The summed E-state index contributed by atoms with van der Waals surface area (Å²) in [7, 11) is 4.03. The van der Waals surface area contributed by atoms with E-state index in [9.17, 15) is 9.90 Å². The van der Waals surface area contributed by atoms with Crippen molar-refractivity contribution in [3.63, 3.8) is 0 Å². The van der Waals surface area contributed by atoms with Gasteiger partial charge >= 0.3 is 0 Å². The first-order valence-corrected chi connectivity index (χ1v) is 8.06. The Morgan fingerprint density at radius 2 is 2.17 bits per heavy atom. The molecule has 23 heavy (non-hydrogen) atoms. The van der Waals surface area contributed by atoms with Gasteiger partial charge < -0.3 is 20.6 Å². The number of anilines is 1. The van der Waals surface area contributed by atoms with E-state index >= 15 is 0 Å². The Balaban J connectivity index is 2.38. The predicted molar refractivity (Wildman–Crippen MR) is 91.7 cm³/mol. The number of piperidine rings is 1. The Morgan fingerprint density at radius 1 is 1.48 bits per heavy atom. The maximum Gasteiger partial charge on any atom is 0.252 e. The second-order valence-electron chi connectivity index (χ2n) is 7.05. The summed E-state index contributed by atoms with van der Waals surface area (Å²) in [6, 6.07) is 1.82. The summed E-state index contributed by atoms with van der Waals surface area (Å²) in [5.74, 6) is 0.195. The SMILES string of the molecule is Cc1cc(C(N)=O)c(N2CCCC(CO)(CN(C)C)C2)nc1C. The number of carbonyl (C=O) groups is 1. The van der Waals surface area contributed by atoms with Crippen molar-refractivity contribution in [1.82, 2.24) is 9.88 Å². The molecule has 2 rings (SSSR count). The smallest absolute Gasteiger partial charge is 0.252 e. The fourth-order valence-electron chi connectivity index (χ4n) is 3.48. The van der Waals surface area contributed by atoms with Gasteiger partial charge in [-0.1, -0.05) is 0 Å². The lowest BCUT2D eigenvalue weighted by atomic mass is 9.80. The molecule has 1 aliphatic heterocycles. The van der Waals surface area contributed by atoms with Crippen molar-refractivity contribution in [2.24, 2.45) is 11.1 Å². The Kier molecular flexibility index (Phi) is 5.26. The van der Waals surface area contributed by atoms with Gasteiger partial charge in [0.2, 0.25) is 0 Å². The molecule has 1 aromatic heterocycles. The average molecular weight is 320 g/mol. The lowest BCUT2D eigenvalue weighted by Crippen LogP contribution is -2.51. The van der Waals surface area contributed by atoms with E-state index in [2.05, 4.69) is 14.8 Å². The van der Waals surface area contributed by atoms with Gasteiger partial charge in [0, 0.05) is 30.7 Å². The summed E-state index contributed by atoms with van der Waals surface area (Å²) in [4.78, 5) is 20.7. The van der Waals surface area contributed by atoms with Gasteiger partial charge in [-0.15, -0.1) is 0 Å². The van der Waals surface area contributed by atoms with Gasteiger partial charge in [-0.05, 0) is 52.4 Å².